The first kappa shape index (κ1) is 17.7. The molecular weight excluding hydrogens is 314 g/mol. The number of carboxylic acid groups (broad SMARTS) is 1. The van der Waals surface area contributed by atoms with Crippen molar-refractivity contribution in [2.75, 3.05) is 25.4 Å². The standard InChI is InChI=1S/C17H23NO4S/c1-2-23-15-8-3-4-9-18(11-15)17(21)13-6-5-7-14(10-13)22-12-16(19)20/h5-7,10,15H,2-4,8-9,11-12H2,1H3,(H,19,20). The normalized spacial score (nSPS) is 18.3. The van der Waals surface area contributed by atoms with Gasteiger partial charge >= 0.3 is 5.97 Å². The Hall–Kier alpha value is -1.69. The molecule has 1 fully saturated rings. The van der Waals surface area contributed by atoms with Gasteiger partial charge in [-0.15, -0.1) is 0 Å². The molecule has 0 aliphatic carbocycles. The van der Waals surface area contributed by atoms with E-state index in [4.69, 9.17) is 9.84 Å². The van der Waals surface area contributed by atoms with Gasteiger partial charge in [0.15, 0.2) is 6.61 Å². The Morgan fingerprint density at radius 1 is 1.39 bits per heavy atom. The Morgan fingerprint density at radius 3 is 2.96 bits per heavy atom. The van der Waals surface area contributed by atoms with Crippen molar-refractivity contribution in [1.82, 2.24) is 4.90 Å². The Morgan fingerprint density at radius 2 is 2.22 bits per heavy atom. The lowest BCUT2D eigenvalue weighted by molar-refractivity contribution is -0.139. The number of aliphatic carboxylic acids is 1. The number of benzene rings is 1. The van der Waals surface area contributed by atoms with Crippen LogP contribution in [-0.4, -0.2) is 52.6 Å². The molecule has 1 aromatic carbocycles. The number of nitrogens with zero attached hydrogens (tertiary/aromatic N) is 1. The zero-order chi connectivity index (χ0) is 16.7. The molecule has 1 aliphatic heterocycles. The lowest BCUT2D eigenvalue weighted by Crippen LogP contribution is -2.35. The second-order valence-electron chi connectivity index (χ2n) is 5.53. The van der Waals surface area contributed by atoms with Crippen molar-refractivity contribution in [2.45, 2.75) is 31.4 Å². The fourth-order valence-electron chi connectivity index (χ4n) is 2.71. The first-order chi connectivity index (χ1) is 11.1. The van der Waals surface area contributed by atoms with Crippen LogP contribution in [0.25, 0.3) is 0 Å². The van der Waals surface area contributed by atoms with Gasteiger partial charge < -0.3 is 14.7 Å². The van der Waals surface area contributed by atoms with Crippen LogP contribution in [0, 0.1) is 0 Å². The Labute approximate surface area is 141 Å². The average Bonchev–Trinajstić information content (AvgIpc) is 2.78. The number of carbonyl (C=O) groups is 2. The SMILES string of the molecule is CCSC1CCCCN(C(=O)c2cccc(OCC(=O)O)c2)C1. The predicted molar refractivity (Wildman–Crippen MR) is 91.2 cm³/mol. The topological polar surface area (TPSA) is 66.8 Å². The molecule has 0 aromatic heterocycles. The van der Waals surface area contributed by atoms with Gasteiger partial charge in [0.05, 0.1) is 0 Å². The number of amides is 1. The summed E-state index contributed by atoms with van der Waals surface area (Å²) < 4.78 is 5.16. The molecule has 126 valence electrons. The minimum Gasteiger partial charge on any atom is -0.482 e. The summed E-state index contributed by atoms with van der Waals surface area (Å²) in [7, 11) is 0. The van der Waals surface area contributed by atoms with Crippen molar-refractivity contribution in [3.05, 3.63) is 29.8 Å². The van der Waals surface area contributed by atoms with E-state index in [0.717, 1.165) is 38.1 Å². The highest BCUT2D eigenvalue weighted by Crippen LogP contribution is 2.24. The Kier molecular flexibility index (Phi) is 6.77. The number of thioether (sulfide) groups is 1. The molecule has 1 saturated heterocycles. The lowest BCUT2D eigenvalue weighted by atomic mass is 10.2. The molecular formula is C17H23NO4S. The molecule has 2 rings (SSSR count). The maximum Gasteiger partial charge on any atom is 0.341 e. The van der Waals surface area contributed by atoms with E-state index in [9.17, 15) is 9.59 Å². The van der Waals surface area contributed by atoms with E-state index < -0.39 is 12.6 Å². The van der Waals surface area contributed by atoms with Crippen LogP contribution < -0.4 is 4.74 Å². The number of carbonyl (C=O) groups excluding carboxylic acids is 1. The minimum atomic E-state index is -1.03. The van der Waals surface area contributed by atoms with Crippen LogP contribution in [0.5, 0.6) is 5.75 Å². The molecule has 1 N–H and O–H groups in total. The molecule has 1 amide bonds. The van der Waals surface area contributed by atoms with Crippen molar-refractivity contribution in [3.63, 3.8) is 0 Å². The monoisotopic (exact) mass is 337 g/mol. The van der Waals surface area contributed by atoms with Gasteiger partial charge in [0.2, 0.25) is 0 Å². The average molecular weight is 337 g/mol. The van der Waals surface area contributed by atoms with Gasteiger partial charge in [-0.3, -0.25) is 4.79 Å². The summed E-state index contributed by atoms with van der Waals surface area (Å²) in [6, 6.07) is 6.76. The van der Waals surface area contributed by atoms with Crippen LogP contribution in [0.15, 0.2) is 24.3 Å². The number of likely N-dealkylation sites (tertiary alicyclic amines) is 1. The molecule has 1 heterocycles. The number of carboxylic acids is 1. The molecule has 5 nitrogen and oxygen atoms in total. The van der Waals surface area contributed by atoms with Crippen LogP contribution in [0.4, 0.5) is 0 Å². The second-order valence-corrected chi connectivity index (χ2v) is 7.11. The first-order valence-corrected chi connectivity index (χ1v) is 9.00. The van der Waals surface area contributed by atoms with Crippen LogP contribution in [0.3, 0.4) is 0 Å². The highest BCUT2D eigenvalue weighted by molar-refractivity contribution is 7.99. The lowest BCUT2D eigenvalue weighted by Gasteiger charge is -2.24. The molecule has 6 heteroatoms. The Bertz CT molecular complexity index is 549. The number of hydrogen-bond acceptors (Lipinski definition) is 4. The van der Waals surface area contributed by atoms with E-state index in [1.165, 1.54) is 0 Å². The van der Waals surface area contributed by atoms with Gasteiger partial charge in [-0.25, -0.2) is 4.79 Å². The maximum absolute atomic E-state index is 12.7. The summed E-state index contributed by atoms with van der Waals surface area (Å²) in [4.78, 5) is 25.2. The van der Waals surface area contributed by atoms with E-state index in [2.05, 4.69) is 6.92 Å². The highest BCUT2D eigenvalue weighted by Gasteiger charge is 2.23. The molecule has 1 aromatic rings. The number of rotatable bonds is 6. The third-order valence-electron chi connectivity index (χ3n) is 3.76. The highest BCUT2D eigenvalue weighted by atomic mass is 32.2. The van der Waals surface area contributed by atoms with E-state index in [-0.39, 0.29) is 5.91 Å². The number of ether oxygens (including phenoxy) is 1. The zero-order valence-corrected chi connectivity index (χ0v) is 14.2. The summed E-state index contributed by atoms with van der Waals surface area (Å²) in [6.07, 6.45) is 3.34. The third kappa shape index (κ3) is 5.46. The van der Waals surface area contributed by atoms with Gasteiger partial charge in [-0.05, 0) is 36.8 Å². The smallest absolute Gasteiger partial charge is 0.341 e. The largest absolute Gasteiger partial charge is 0.482 e. The maximum atomic E-state index is 12.7. The molecule has 1 atom stereocenters. The quantitative estimate of drug-likeness (QED) is 0.864. The van der Waals surface area contributed by atoms with Crippen molar-refractivity contribution in [2.24, 2.45) is 0 Å². The van der Waals surface area contributed by atoms with Gasteiger partial charge in [-0.2, -0.15) is 11.8 Å². The number of hydrogen-bond donors (Lipinski definition) is 1. The van der Waals surface area contributed by atoms with E-state index in [0.29, 0.717) is 16.6 Å². The molecule has 23 heavy (non-hydrogen) atoms. The van der Waals surface area contributed by atoms with Crippen molar-refractivity contribution >= 4 is 23.6 Å². The van der Waals surface area contributed by atoms with E-state index in [1.807, 2.05) is 16.7 Å². The minimum absolute atomic E-state index is 0.00521. The molecule has 0 saturated carbocycles. The summed E-state index contributed by atoms with van der Waals surface area (Å²) >= 11 is 1.91. The summed E-state index contributed by atoms with van der Waals surface area (Å²) in [5, 5.41) is 9.16. The molecule has 1 unspecified atom stereocenters. The molecule has 1 aliphatic rings. The van der Waals surface area contributed by atoms with Crippen molar-refractivity contribution in [3.8, 4) is 5.75 Å². The first-order valence-electron chi connectivity index (χ1n) is 7.95. The van der Waals surface area contributed by atoms with Gasteiger partial charge in [0, 0.05) is 23.9 Å². The third-order valence-corrected chi connectivity index (χ3v) is 4.95. The van der Waals surface area contributed by atoms with E-state index >= 15 is 0 Å². The van der Waals surface area contributed by atoms with Crippen molar-refractivity contribution in [1.29, 1.82) is 0 Å². The van der Waals surface area contributed by atoms with Crippen LogP contribution in [0.2, 0.25) is 0 Å². The van der Waals surface area contributed by atoms with Gasteiger partial charge in [-0.1, -0.05) is 19.4 Å². The summed E-state index contributed by atoms with van der Waals surface area (Å²) in [5.41, 5.74) is 0.551. The van der Waals surface area contributed by atoms with Gasteiger partial charge in [0.1, 0.15) is 5.75 Å². The van der Waals surface area contributed by atoms with Crippen molar-refractivity contribution < 1.29 is 19.4 Å². The predicted octanol–water partition coefficient (Wildman–Crippen LogP) is 2.90. The molecule has 0 bridgehead atoms. The summed E-state index contributed by atoms with van der Waals surface area (Å²) in [6.45, 7) is 3.29. The molecule has 0 radical (unpaired) electrons. The van der Waals surface area contributed by atoms with E-state index in [1.54, 1.807) is 24.3 Å². The van der Waals surface area contributed by atoms with Crippen LogP contribution >= 0.6 is 11.8 Å². The zero-order valence-electron chi connectivity index (χ0n) is 13.4. The Balaban J connectivity index is 2.06. The fraction of sp³-hybridized carbons (Fsp3) is 0.529. The van der Waals surface area contributed by atoms with Crippen LogP contribution in [0.1, 0.15) is 36.5 Å². The second kappa shape index (κ2) is 8.82. The molecule has 0 spiro atoms. The van der Waals surface area contributed by atoms with Gasteiger partial charge in [0.25, 0.3) is 5.91 Å². The summed E-state index contributed by atoms with van der Waals surface area (Å²) in [5.74, 6) is 0.432. The fourth-order valence-corrected chi connectivity index (χ4v) is 3.80. The van der Waals surface area contributed by atoms with Crippen LogP contribution in [-0.2, 0) is 4.79 Å².